The minimum atomic E-state index is -0.235. The molecule has 144 valence electrons. The summed E-state index contributed by atoms with van der Waals surface area (Å²) in [7, 11) is 3.47. The summed E-state index contributed by atoms with van der Waals surface area (Å²) in [6.45, 7) is 3.63. The van der Waals surface area contributed by atoms with Crippen molar-refractivity contribution in [2.45, 2.75) is 24.8 Å². The number of oxazole rings is 1. The summed E-state index contributed by atoms with van der Waals surface area (Å²) in [5, 5.41) is 0.694. The van der Waals surface area contributed by atoms with E-state index in [0.717, 1.165) is 17.0 Å². The Kier molecular flexibility index (Phi) is 4.68. The molecule has 8 nitrogen and oxygen atoms in total. The summed E-state index contributed by atoms with van der Waals surface area (Å²) >= 11 is 1.48. The highest BCUT2D eigenvalue weighted by molar-refractivity contribution is 7.98. The summed E-state index contributed by atoms with van der Waals surface area (Å²) < 4.78 is 13.1. The van der Waals surface area contributed by atoms with Gasteiger partial charge in [-0.1, -0.05) is 23.9 Å². The van der Waals surface area contributed by atoms with Crippen LogP contribution in [0, 0.1) is 13.8 Å². The molecule has 0 radical (unpaired) electrons. The van der Waals surface area contributed by atoms with Crippen molar-refractivity contribution in [3.8, 4) is 17.2 Å². The first-order chi connectivity index (χ1) is 13.5. The normalized spacial score (nSPS) is 11.3. The molecule has 0 fully saturated rings. The van der Waals surface area contributed by atoms with Gasteiger partial charge in [-0.05, 0) is 26.0 Å². The van der Waals surface area contributed by atoms with Gasteiger partial charge in [0.2, 0.25) is 5.89 Å². The van der Waals surface area contributed by atoms with Gasteiger partial charge in [0.05, 0.1) is 18.4 Å². The van der Waals surface area contributed by atoms with E-state index in [1.807, 2.05) is 42.8 Å². The van der Waals surface area contributed by atoms with Crippen molar-refractivity contribution in [3.63, 3.8) is 0 Å². The van der Waals surface area contributed by atoms with E-state index in [1.54, 1.807) is 14.0 Å². The van der Waals surface area contributed by atoms with Crippen molar-refractivity contribution in [1.82, 2.24) is 24.5 Å². The number of fused-ring (bicyclic) bond motifs is 1. The van der Waals surface area contributed by atoms with Gasteiger partial charge in [-0.15, -0.1) is 0 Å². The molecule has 0 aliphatic rings. The molecule has 28 heavy (non-hydrogen) atoms. The van der Waals surface area contributed by atoms with Gasteiger partial charge < -0.3 is 18.7 Å². The fourth-order valence-electron chi connectivity index (χ4n) is 2.92. The molecule has 0 bridgehead atoms. The maximum Gasteiger partial charge on any atom is 0.279 e. The topological polar surface area (TPSA) is 98.8 Å². The Labute approximate surface area is 165 Å². The Balaban J connectivity index is 1.62. The molecule has 0 amide bonds. The van der Waals surface area contributed by atoms with Crippen LogP contribution in [0.25, 0.3) is 22.6 Å². The molecule has 9 heteroatoms. The van der Waals surface area contributed by atoms with Crippen molar-refractivity contribution in [1.29, 1.82) is 0 Å². The van der Waals surface area contributed by atoms with Gasteiger partial charge in [0.25, 0.3) is 5.56 Å². The van der Waals surface area contributed by atoms with E-state index in [4.69, 9.17) is 9.15 Å². The van der Waals surface area contributed by atoms with Crippen LogP contribution in [0.15, 0.2) is 38.6 Å². The average molecular weight is 397 g/mol. The maximum absolute atomic E-state index is 12.1. The third-order valence-corrected chi connectivity index (χ3v) is 5.42. The number of nitrogens with one attached hydrogen (secondary N) is 1. The number of hydrogen-bond acceptors (Lipinski definition) is 7. The molecular formula is C19H19N5O3S. The molecular weight excluding hydrogens is 378 g/mol. The summed E-state index contributed by atoms with van der Waals surface area (Å²) in [4.78, 5) is 28.2. The van der Waals surface area contributed by atoms with Crippen LogP contribution in [-0.2, 0) is 12.8 Å². The molecule has 4 aromatic rings. The molecule has 0 aliphatic heterocycles. The zero-order chi connectivity index (χ0) is 19.8. The number of hydrogen-bond donors (Lipinski definition) is 1. The van der Waals surface area contributed by atoms with Crippen LogP contribution in [-0.4, -0.2) is 31.6 Å². The predicted molar refractivity (Wildman–Crippen MR) is 107 cm³/mol. The first-order valence-corrected chi connectivity index (χ1v) is 9.62. The zero-order valence-electron chi connectivity index (χ0n) is 15.9. The Morgan fingerprint density at radius 3 is 2.79 bits per heavy atom. The van der Waals surface area contributed by atoms with Crippen LogP contribution < -0.4 is 10.3 Å². The molecule has 0 saturated heterocycles. The van der Waals surface area contributed by atoms with E-state index in [-0.39, 0.29) is 5.56 Å². The maximum atomic E-state index is 12.1. The third-order valence-electron chi connectivity index (χ3n) is 4.38. The predicted octanol–water partition coefficient (Wildman–Crippen LogP) is 3.23. The molecule has 0 aliphatic carbocycles. The number of methoxy groups -OCH3 is 1. The van der Waals surface area contributed by atoms with Crippen molar-refractivity contribution in [3.05, 3.63) is 51.9 Å². The van der Waals surface area contributed by atoms with E-state index >= 15 is 0 Å². The Morgan fingerprint density at radius 1 is 1.21 bits per heavy atom. The molecule has 3 aromatic heterocycles. The molecule has 1 aromatic carbocycles. The number of rotatable bonds is 5. The van der Waals surface area contributed by atoms with Crippen molar-refractivity contribution < 1.29 is 9.15 Å². The average Bonchev–Trinajstić information content (AvgIpc) is 3.20. The number of aromatic nitrogens is 5. The number of nitrogens with zero attached hydrogens (tertiary/aromatic N) is 4. The summed E-state index contributed by atoms with van der Waals surface area (Å²) in [6, 6.07) is 7.60. The smallest absolute Gasteiger partial charge is 0.279 e. The SMILES string of the molecule is COc1ccccc1-c1nc(CSc2nc3c(=O)[nH]c(C)nc3n2C)c(C)o1. The van der Waals surface area contributed by atoms with E-state index < -0.39 is 0 Å². The Bertz CT molecular complexity index is 1220. The van der Waals surface area contributed by atoms with E-state index in [0.29, 0.717) is 39.5 Å². The van der Waals surface area contributed by atoms with Crippen LogP contribution in [0.5, 0.6) is 5.75 Å². The fraction of sp³-hybridized carbons (Fsp3) is 0.263. The van der Waals surface area contributed by atoms with Crippen LogP contribution in [0.4, 0.5) is 0 Å². The standard InChI is InChI=1S/C19H19N5O3S/c1-10-13(22-18(27-10)12-7-5-6-8-14(12)26-4)9-28-19-23-15-16(24(19)3)20-11(2)21-17(15)25/h5-8H,9H2,1-4H3,(H,20,21,25). The molecule has 0 saturated carbocycles. The van der Waals surface area contributed by atoms with Crippen LogP contribution >= 0.6 is 11.8 Å². The first kappa shape index (κ1) is 18.3. The van der Waals surface area contributed by atoms with Gasteiger partial charge in [-0.2, -0.15) is 0 Å². The second-order valence-electron chi connectivity index (χ2n) is 6.29. The van der Waals surface area contributed by atoms with E-state index in [9.17, 15) is 4.79 Å². The van der Waals surface area contributed by atoms with Crippen molar-refractivity contribution in [2.75, 3.05) is 7.11 Å². The minimum absolute atomic E-state index is 0.235. The molecule has 3 heterocycles. The minimum Gasteiger partial charge on any atom is -0.496 e. The van der Waals surface area contributed by atoms with Gasteiger partial charge >= 0.3 is 0 Å². The number of para-hydroxylation sites is 1. The van der Waals surface area contributed by atoms with E-state index in [1.165, 1.54) is 11.8 Å². The highest BCUT2D eigenvalue weighted by atomic mass is 32.2. The summed E-state index contributed by atoms with van der Waals surface area (Å²) in [5.41, 5.74) is 2.29. The second-order valence-corrected chi connectivity index (χ2v) is 7.23. The fourth-order valence-corrected chi connectivity index (χ4v) is 3.89. The molecule has 0 spiro atoms. The molecule has 0 atom stereocenters. The Hall–Kier alpha value is -3.07. The number of thioether (sulfide) groups is 1. The van der Waals surface area contributed by atoms with Gasteiger partial charge in [-0.3, -0.25) is 4.79 Å². The molecule has 0 unspecified atom stereocenters. The lowest BCUT2D eigenvalue weighted by atomic mass is 10.2. The monoisotopic (exact) mass is 397 g/mol. The number of H-pyrrole nitrogens is 1. The van der Waals surface area contributed by atoms with Gasteiger partial charge in [0, 0.05) is 12.8 Å². The van der Waals surface area contributed by atoms with E-state index in [2.05, 4.69) is 19.9 Å². The molecule has 4 rings (SSSR count). The van der Waals surface area contributed by atoms with Crippen molar-refractivity contribution in [2.24, 2.45) is 7.05 Å². The zero-order valence-corrected chi connectivity index (χ0v) is 16.8. The van der Waals surface area contributed by atoms with Crippen molar-refractivity contribution >= 4 is 22.9 Å². The van der Waals surface area contributed by atoms with Gasteiger partial charge in [0.15, 0.2) is 16.3 Å². The van der Waals surface area contributed by atoms with Gasteiger partial charge in [0.1, 0.15) is 17.3 Å². The lowest BCUT2D eigenvalue weighted by molar-refractivity contribution is 0.414. The Morgan fingerprint density at radius 2 is 2.00 bits per heavy atom. The number of benzene rings is 1. The first-order valence-electron chi connectivity index (χ1n) is 8.63. The lowest BCUT2D eigenvalue weighted by Gasteiger charge is -2.03. The molecule has 1 N–H and O–H groups in total. The number of imidazole rings is 1. The number of aryl methyl sites for hydroxylation is 3. The number of ether oxygens (including phenoxy) is 1. The highest BCUT2D eigenvalue weighted by Gasteiger charge is 2.17. The largest absolute Gasteiger partial charge is 0.496 e. The third kappa shape index (κ3) is 3.18. The van der Waals surface area contributed by atoms with Crippen LogP contribution in [0.3, 0.4) is 0 Å². The number of aromatic amines is 1. The second kappa shape index (κ2) is 7.16. The van der Waals surface area contributed by atoms with Crippen LogP contribution in [0.1, 0.15) is 17.3 Å². The quantitative estimate of drug-likeness (QED) is 0.516. The summed E-state index contributed by atoms with van der Waals surface area (Å²) in [6.07, 6.45) is 0. The van der Waals surface area contributed by atoms with Gasteiger partial charge in [-0.25, -0.2) is 15.0 Å². The van der Waals surface area contributed by atoms with Crippen LogP contribution in [0.2, 0.25) is 0 Å². The lowest BCUT2D eigenvalue weighted by Crippen LogP contribution is -2.10. The summed E-state index contributed by atoms with van der Waals surface area (Å²) in [5.74, 6) is 3.08. The highest BCUT2D eigenvalue weighted by Crippen LogP contribution is 2.32.